The summed E-state index contributed by atoms with van der Waals surface area (Å²) in [6.45, 7) is 5.20. The topological polar surface area (TPSA) is 103 Å². The zero-order valence-electron chi connectivity index (χ0n) is 17.1. The van der Waals surface area contributed by atoms with Crippen molar-refractivity contribution in [3.63, 3.8) is 0 Å². The molecule has 1 N–H and O–H groups in total. The van der Waals surface area contributed by atoms with E-state index in [1.54, 1.807) is 20.8 Å². The minimum absolute atomic E-state index is 0.00867. The largest absolute Gasteiger partial charge is 0.493 e. The lowest BCUT2D eigenvalue weighted by Gasteiger charge is -2.15. The van der Waals surface area contributed by atoms with Crippen molar-refractivity contribution in [2.24, 2.45) is 5.92 Å². The summed E-state index contributed by atoms with van der Waals surface area (Å²) in [5.74, 6) is -1.13. The van der Waals surface area contributed by atoms with Crippen molar-refractivity contribution >= 4 is 23.2 Å². The first-order valence-electron chi connectivity index (χ1n) is 9.35. The standard InChI is InChI=1S/C21H22N4O4S/c1-12(2)21(27)29-17-15(28-4)10-11-22-16(17)18(26)23-13(3)19-24-25-20(30-19)14-8-6-5-7-9-14/h5-13H,1-4H3,(H,23,26)/t13-/m0/s1. The number of amides is 1. The van der Waals surface area contributed by atoms with Crippen LogP contribution in [0.1, 0.15) is 42.3 Å². The molecule has 1 aromatic carbocycles. The van der Waals surface area contributed by atoms with Crippen molar-refractivity contribution in [3.05, 3.63) is 53.3 Å². The average Bonchev–Trinajstić information content (AvgIpc) is 3.24. The summed E-state index contributed by atoms with van der Waals surface area (Å²) >= 11 is 1.39. The molecule has 9 heteroatoms. The summed E-state index contributed by atoms with van der Waals surface area (Å²) < 4.78 is 10.6. The van der Waals surface area contributed by atoms with E-state index in [4.69, 9.17) is 9.47 Å². The fourth-order valence-electron chi connectivity index (χ4n) is 2.50. The molecule has 0 aliphatic carbocycles. The summed E-state index contributed by atoms with van der Waals surface area (Å²) in [7, 11) is 1.43. The highest BCUT2D eigenvalue weighted by molar-refractivity contribution is 7.14. The maximum atomic E-state index is 12.9. The Morgan fingerprint density at radius 2 is 1.80 bits per heavy atom. The second-order valence-electron chi connectivity index (χ2n) is 6.77. The number of aromatic nitrogens is 3. The van der Waals surface area contributed by atoms with E-state index in [0.29, 0.717) is 5.01 Å². The highest BCUT2D eigenvalue weighted by Crippen LogP contribution is 2.31. The quantitative estimate of drug-likeness (QED) is 0.575. The van der Waals surface area contributed by atoms with Crippen LogP contribution in [0.25, 0.3) is 10.6 Å². The van der Waals surface area contributed by atoms with E-state index in [-0.39, 0.29) is 23.1 Å². The summed E-state index contributed by atoms with van der Waals surface area (Å²) in [6, 6.07) is 10.8. The van der Waals surface area contributed by atoms with Gasteiger partial charge in [-0.15, -0.1) is 10.2 Å². The van der Waals surface area contributed by atoms with E-state index in [0.717, 1.165) is 10.6 Å². The number of hydrogen-bond donors (Lipinski definition) is 1. The number of carbonyl (C=O) groups excluding carboxylic acids is 2. The highest BCUT2D eigenvalue weighted by Gasteiger charge is 2.25. The third-order valence-electron chi connectivity index (χ3n) is 4.16. The van der Waals surface area contributed by atoms with Crippen molar-refractivity contribution in [1.29, 1.82) is 0 Å². The van der Waals surface area contributed by atoms with E-state index >= 15 is 0 Å². The maximum absolute atomic E-state index is 12.9. The summed E-state index contributed by atoms with van der Waals surface area (Å²) in [6.07, 6.45) is 1.42. The molecule has 30 heavy (non-hydrogen) atoms. The number of pyridine rings is 1. The predicted molar refractivity (Wildman–Crippen MR) is 112 cm³/mol. The number of nitrogens with zero attached hydrogens (tertiary/aromatic N) is 3. The third-order valence-corrected chi connectivity index (χ3v) is 5.31. The molecular weight excluding hydrogens is 404 g/mol. The minimum atomic E-state index is -0.510. The van der Waals surface area contributed by atoms with Crippen LogP contribution in [-0.2, 0) is 4.79 Å². The van der Waals surface area contributed by atoms with Gasteiger partial charge >= 0.3 is 5.97 Å². The zero-order chi connectivity index (χ0) is 21.7. The molecule has 0 aliphatic heterocycles. The molecule has 0 unspecified atom stereocenters. The van der Waals surface area contributed by atoms with Gasteiger partial charge < -0.3 is 14.8 Å². The lowest BCUT2D eigenvalue weighted by Crippen LogP contribution is -2.28. The molecule has 0 bridgehead atoms. The van der Waals surface area contributed by atoms with Gasteiger partial charge in [0, 0.05) is 17.8 Å². The normalized spacial score (nSPS) is 11.8. The number of methoxy groups -OCH3 is 1. The van der Waals surface area contributed by atoms with E-state index in [1.807, 2.05) is 30.3 Å². The molecule has 2 aromatic heterocycles. The number of ether oxygens (including phenoxy) is 2. The second-order valence-corrected chi connectivity index (χ2v) is 7.78. The predicted octanol–water partition coefficient (Wildman–Crippen LogP) is 3.66. The maximum Gasteiger partial charge on any atom is 0.313 e. The van der Waals surface area contributed by atoms with E-state index < -0.39 is 17.9 Å². The first-order valence-corrected chi connectivity index (χ1v) is 10.2. The number of nitrogens with one attached hydrogen (secondary N) is 1. The zero-order valence-corrected chi connectivity index (χ0v) is 17.9. The Bertz CT molecular complexity index is 1040. The highest BCUT2D eigenvalue weighted by atomic mass is 32.1. The Balaban J connectivity index is 1.80. The van der Waals surface area contributed by atoms with Gasteiger partial charge in [-0.25, -0.2) is 4.98 Å². The Morgan fingerprint density at radius 3 is 2.47 bits per heavy atom. The monoisotopic (exact) mass is 426 g/mol. The van der Waals surface area contributed by atoms with Gasteiger partial charge in [-0.3, -0.25) is 9.59 Å². The van der Waals surface area contributed by atoms with Crippen LogP contribution < -0.4 is 14.8 Å². The first-order chi connectivity index (χ1) is 14.4. The summed E-state index contributed by atoms with van der Waals surface area (Å²) in [4.78, 5) is 29.1. The second kappa shape index (κ2) is 9.45. The van der Waals surface area contributed by atoms with Gasteiger partial charge in [0.15, 0.2) is 11.4 Å². The van der Waals surface area contributed by atoms with E-state index in [1.165, 1.54) is 30.7 Å². The Labute approximate surface area is 178 Å². The van der Waals surface area contributed by atoms with Gasteiger partial charge in [-0.1, -0.05) is 55.5 Å². The van der Waals surface area contributed by atoms with Gasteiger partial charge in [0.25, 0.3) is 5.91 Å². The Morgan fingerprint density at radius 1 is 1.07 bits per heavy atom. The SMILES string of the molecule is COc1ccnc(C(=O)N[C@@H](C)c2nnc(-c3ccccc3)s2)c1OC(=O)C(C)C. The molecule has 3 rings (SSSR count). The summed E-state index contributed by atoms with van der Waals surface area (Å²) in [5, 5.41) is 12.6. The van der Waals surface area contributed by atoms with Crippen molar-refractivity contribution in [2.45, 2.75) is 26.8 Å². The summed E-state index contributed by atoms with van der Waals surface area (Å²) in [5.41, 5.74) is 0.917. The molecule has 0 aliphatic rings. The van der Waals surface area contributed by atoms with Gasteiger partial charge in [0.2, 0.25) is 5.75 Å². The first kappa shape index (κ1) is 21.4. The molecule has 156 valence electrons. The number of hydrogen-bond acceptors (Lipinski definition) is 8. The number of rotatable bonds is 7. The van der Waals surface area contributed by atoms with Crippen LogP contribution in [0.15, 0.2) is 42.6 Å². The van der Waals surface area contributed by atoms with Crippen LogP contribution in [-0.4, -0.2) is 34.2 Å². The van der Waals surface area contributed by atoms with Crippen LogP contribution >= 0.6 is 11.3 Å². The Hall–Kier alpha value is -3.33. The lowest BCUT2D eigenvalue weighted by molar-refractivity contribution is -0.137. The molecule has 0 saturated heterocycles. The molecule has 8 nitrogen and oxygen atoms in total. The van der Waals surface area contributed by atoms with Crippen molar-refractivity contribution in [2.75, 3.05) is 7.11 Å². The molecule has 0 spiro atoms. The lowest BCUT2D eigenvalue weighted by atomic mass is 10.2. The van der Waals surface area contributed by atoms with Gasteiger partial charge in [-0.2, -0.15) is 0 Å². The molecule has 1 amide bonds. The van der Waals surface area contributed by atoms with Crippen LogP contribution in [0.2, 0.25) is 0 Å². The molecule has 0 saturated carbocycles. The molecule has 3 aromatic rings. The van der Waals surface area contributed by atoms with Crippen LogP contribution in [0, 0.1) is 5.92 Å². The fraction of sp³-hybridized carbons (Fsp3) is 0.286. The van der Waals surface area contributed by atoms with Crippen molar-refractivity contribution < 1.29 is 19.1 Å². The number of carbonyl (C=O) groups is 2. The number of benzene rings is 1. The molecule has 2 heterocycles. The number of esters is 1. The fourth-order valence-corrected chi connectivity index (χ4v) is 3.35. The van der Waals surface area contributed by atoms with Crippen LogP contribution in [0.3, 0.4) is 0 Å². The molecule has 0 radical (unpaired) electrons. The smallest absolute Gasteiger partial charge is 0.313 e. The Kier molecular flexibility index (Phi) is 6.73. The molecule has 0 fully saturated rings. The van der Waals surface area contributed by atoms with Gasteiger partial charge in [0.05, 0.1) is 19.1 Å². The van der Waals surface area contributed by atoms with Gasteiger partial charge in [0.1, 0.15) is 10.0 Å². The third kappa shape index (κ3) is 4.80. The van der Waals surface area contributed by atoms with E-state index in [2.05, 4.69) is 20.5 Å². The average molecular weight is 426 g/mol. The van der Waals surface area contributed by atoms with Crippen LogP contribution in [0.4, 0.5) is 0 Å². The van der Waals surface area contributed by atoms with Gasteiger partial charge in [-0.05, 0) is 6.92 Å². The van der Waals surface area contributed by atoms with Crippen molar-refractivity contribution in [1.82, 2.24) is 20.5 Å². The minimum Gasteiger partial charge on any atom is -0.493 e. The van der Waals surface area contributed by atoms with E-state index in [9.17, 15) is 9.59 Å². The van der Waals surface area contributed by atoms with Crippen LogP contribution in [0.5, 0.6) is 11.5 Å². The molecule has 1 atom stereocenters. The van der Waals surface area contributed by atoms with Crippen molar-refractivity contribution in [3.8, 4) is 22.1 Å². The molecular formula is C21H22N4O4S.